The van der Waals surface area contributed by atoms with Crippen molar-refractivity contribution in [3.8, 4) is 5.75 Å². The molecule has 0 amide bonds. The molecule has 0 unspecified atom stereocenters. The molecule has 1 aliphatic rings. The molecule has 1 saturated heterocycles. The molecule has 1 fully saturated rings. The number of halogens is 1. The Kier molecular flexibility index (Phi) is 5.18. The predicted octanol–water partition coefficient (Wildman–Crippen LogP) is 3.78. The summed E-state index contributed by atoms with van der Waals surface area (Å²) in [6, 6.07) is 13.3. The zero-order valence-electron chi connectivity index (χ0n) is 13.7. The highest BCUT2D eigenvalue weighted by Crippen LogP contribution is 2.24. The summed E-state index contributed by atoms with van der Waals surface area (Å²) in [5.41, 5.74) is 0.769. The number of ether oxygens (including phenoxy) is 2. The fraction of sp³-hybridized carbons (Fsp3) is 0.105. The van der Waals surface area contributed by atoms with Crippen molar-refractivity contribution in [3.63, 3.8) is 0 Å². The van der Waals surface area contributed by atoms with Crippen molar-refractivity contribution < 1.29 is 24.2 Å². The molecule has 1 N–H and O–H groups in total. The Morgan fingerprint density at radius 1 is 1.23 bits per heavy atom. The number of Topliss-reactive ketones (excluding diaryl/α,β-unsaturated/α-hetero) is 1. The van der Waals surface area contributed by atoms with Crippen LogP contribution < -0.4 is 4.74 Å². The zero-order chi connectivity index (χ0) is 18.7. The van der Waals surface area contributed by atoms with E-state index in [1.54, 1.807) is 30.3 Å². The third-order valence-electron chi connectivity index (χ3n) is 3.71. The molecule has 0 spiro atoms. The summed E-state index contributed by atoms with van der Waals surface area (Å²) in [5, 5.41) is 10.4. The second-order valence-electron chi connectivity index (χ2n) is 5.40. The van der Waals surface area contributed by atoms with Crippen LogP contribution in [-0.4, -0.2) is 36.3 Å². The van der Waals surface area contributed by atoms with Gasteiger partial charge in [-0.1, -0.05) is 22.0 Å². The highest BCUT2D eigenvalue weighted by atomic mass is 79.9. The smallest absolute Gasteiger partial charge is 0.344 e. The molecule has 2 aromatic rings. The van der Waals surface area contributed by atoms with Crippen molar-refractivity contribution in [2.24, 2.45) is 4.99 Å². The number of ketones is 1. The van der Waals surface area contributed by atoms with Crippen LogP contribution in [0.2, 0.25) is 0 Å². The summed E-state index contributed by atoms with van der Waals surface area (Å²) in [5.74, 6) is -1.58. The molecular weight excluding hydrogens is 402 g/mol. The number of allylic oxidation sites excluding steroid dienone is 1. The zero-order valence-corrected chi connectivity index (χ0v) is 15.3. The van der Waals surface area contributed by atoms with Crippen molar-refractivity contribution in [1.82, 2.24) is 0 Å². The topological polar surface area (TPSA) is 85.2 Å². The number of hydrogen-bond acceptors (Lipinski definition) is 6. The molecule has 0 radical (unpaired) electrons. The molecule has 7 heteroatoms. The van der Waals surface area contributed by atoms with E-state index < -0.39 is 17.5 Å². The number of methoxy groups -OCH3 is 1. The van der Waals surface area contributed by atoms with Crippen LogP contribution in [0.25, 0.3) is 0 Å². The molecule has 0 aliphatic carbocycles. The monoisotopic (exact) mass is 415 g/mol. The van der Waals surface area contributed by atoms with Crippen LogP contribution in [0, 0.1) is 0 Å². The summed E-state index contributed by atoms with van der Waals surface area (Å²) in [6.45, 7) is -0.110. The Morgan fingerprint density at radius 3 is 2.62 bits per heavy atom. The molecule has 0 bridgehead atoms. The quantitative estimate of drug-likeness (QED) is 0.355. The average molecular weight is 416 g/mol. The van der Waals surface area contributed by atoms with Gasteiger partial charge in [0.25, 0.3) is 0 Å². The molecule has 1 aliphatic heterocycles. The molecule has 0 aromatic heterocycles. The van der Waals surface area contributed by atoms with Crippen molar-refractivity contribution in [3.05, 3.63) is 69.9 Å². The van der Waals surface area contributed by atoms with Crippen LogP contribution in [0.1, 0.15) is 10.4 Å². The van der Waals surface area contributed by atoms with Crippen molar-refractivity contribution in [2.75, 3.05) is 13.7 Å². The van der Waals surface area contributed by atoms with Crippen molar-refractivity contribution in [1.29, 1.82) is 0 Å². The lowest BCUT2D eigenvalue weighted by atomic mass is 10.0. The number of rotatable bonds is 4. The number of benzene rings is 2. The molecule has 132 valence electrons. The first-order chi connectivity index (χ1) is 12.5. The molecule has 2 aromatic carbocycles. The maximum Gasteiger partial charge on any atom is 0.344 e. The largest absolute Gasteiger partial charge is 0.503 e. The standard InChI is InChI=1S/C19H14BrNO5/c1-25-14-7-5-11(6-8-14)17(22)18(23)16-15(10-26-19(16)24)21-13-4-2-3-12(20)9-13/h2-9,23H,10H2,1H3/b18-16+,21-15?. The van der Waals surface area contributed by atoms with Crippen LogP contribution in [0.15, 0.2) is 69.3 Å². The second kappa shape index (κ2) is 7.53. The van der Waals surface area contributed by atoms with E-state index in [0.29, 0.717) is 11.4 Å². The highest BCUT2D eigenvalue weighted by molar-refractivity contribution is 9.10. The summed E-state index contributed by atoms with van der Waals surface area (Å²) in [4.78, 5) is 28.9. The van der Waals surface area contributed by atoms with E-state index in [1.165, 1.54) is 19.2 Å². The van der Waals surface area contributed by atoms with Crippen LogP contribution in [0.3, 0.4) is 0 Å². The van der Waals surface area contributed by atoms with Crippen LogP contribution >= 0.6 is 15.9 Å². The Balaban J connectivity index is 1.99. The Morgan fingerprint density at radius 2 is 1.96 bits per heavy atom. The minimum Gasteiger partial charge on any atom is -0.503 e. The number of aliphatic hydroxyl groups excluding tert-OH is 1. The Hall–Kier alpha value is -2.93. The third-order valence-corrected chi connectivity index (χ3v) is 4.20. The normalized spacial score (nSPS) is 17.2. The van der Waals surface area contributed by atoms with Gasteiger partial charge >= 0.3 is 5.97 Å². The third kappa shape index (κ3) is 3.67. The lowest BCUT2D eigenvalue weighted by molar-refractivity contribution is -0.135. The fourth-order valence-corrected chi connectivity index (χ4v) is 2.80. The van der Waals surface area contributed by atoms with Gasteiger partial charge in [0.1, 0.15) is 17.9 Å². The summed E-state index contributed by atoms with van der Waals surface area (Å²) in [7, 11) is 1.51. The minimum absolute atomic E-state index is 0.110. The highest BCUT2D eigenvalue weighted by Gasteiger charge is 2.33. The summed E-state index contributed by atoms with van der Waals surface area (Å²) in [6.07, 6.45) is 0. The second-order valence-corrected chi connectivity index (χ2v) is 6.31. The maximum atomic E-state index is 12.5. The van der Waals surface area contributed by atoms with Gasteiger partial charge in [0.05, 0.1) is 18.5 Å². The minimum atomic E-state index is -0.780. The van der Waals surface area contributed by atoms with Gasteiger partial charge < -0.3 is 14.6 Å². The summed E-state index contributed by atoms with van der Waals surface area (Å²) >= 11 is 3.34. The summed E-state index contributed by atoms with van der Waals surface area (Å²) < 4.78 is 10.8. The molecule has 0 saturated carbocycles. The molecule has 1 heterocycles. The first-order valence-corrected chi connectivity index (χ1v) is 8.41. The van der Waals surface area contributed by atoms with Gasteiger partial charge in [-0.15, -0.1) is 0 Å². The van der Waals surface area contributed by atoms with E-state index in [1.807, 2.05) is 6.07 Å². The first kappa shape index (κ1) is 17.9. The van der Waals surface area contributed by atoms with Crippen LogP contribution in [0.4, 0.5) is 5.69 Å². The number of cyclic esters (lactones) is 1. The van der Waals surface area contributed by atoms with Gasteiger partial charge in [-0.2, -0.15) is 0 Å². The molecule has 3 rings (SSSR count). The van der Waals surface area contributed by atoms with Gasteiger partial charge in [0, 0.05) is 10.0 Å². The Bertz CT molecular complexity index is 931. The number of hydrogen-bond donors (Lipinski definition) is 1. The lowest BCUT2D eigenvalue weighted by Crippen LogP contribution is -2.13. The number of aliphatic hydroxyl groups is 1. The van der Waals surface area contributed by atoms with Gasteiger partial charge in [0.15, 0.2) is 5.76 Å². The van der Waals surface area contributed by atoms with Gasteiger partial charge in [0.2, 0.25) is 5.78 Å². The van der Waals surface area contributed by atoms with Crippen LogP contribution in [-0.2, 0) is 9.53 Å². The fourth-order valence-electron chi connectivity index (χ4n) is 2.41. The lowest BCUT2D eigenvalue weighted by Gasteiger charge is -2.04. The van der Waals surface area contributed by atoms with Gasteiger partial charge in [-0.3, -0.25) is 4.79 Å². The number of carbonyl (C=O) groups is 2. The SMILES string of the molecule is COc1ccc(C(=O)/C(O)=C2\C(=O)OCC2=Nc2cccc(Br)c2)cc1. The van der Waals surface area contributed by atoms with E-state index in [4.69, 9.17) is 9.47 Å². The van der Waals surface area contributed by atoms with E-state index in [0.717, 1.165) is 4.47 Å². The number of carbonyl (C=O) groups excluding carboxylic acids is 2. The number of aliphatic imine (C=N–C) groups is 1. The van der Waals surface area contributed by atoms with Gasteiger partial charge in [-0.05, 0) is 42.5 Å². The molecule has 0 atom stereocenters. The maximum absolute atomic E-state index is 12.5. The van der Waals surface area contributed by atoms with E-state index in [2.05, 4.69) is 20.9 Å². The van der Waals surface area contributed by atoms with E-state index in [9.17, 15) is 14.7 Å². The van der Waals surface area contributed by atoms with Crippen molar-refractivity contribution in [2.45, 2.75) is 0 Å². The average Bonchev–Trinajstić information content (AvgIpc) is 3.00. The number of esters is 1. The molecule has 6 nitrogen and oxygen atoms in total. The first-order valence-electron chi connectivity index (χ1n) is 7.62. The molecule has 26 heavy (non-hydrogen) atoms. The van der Waals surface area contributed by atoms with E-state index in [-0.39, 0.29) is 23.5 Å². The van der Waals surface area contributed by atoms with Gasteiger partial charge in [-0.25, -0.2) is 9.79 Å². The van der Waals surface area contributed by atoms with Crippen molar-refractivity contribution >= 4 is 39.1 Å². The predicted molar refractivity (Wildman–Crippen MR) is 99.2 cm³/mol. The number of nitrogens with zero attached hydrogens (tertiary/aromatic N) is 1. The molecular formula is C19H14BrNO5. The Labute approximate surface area is 157 Å². The van der Waals surface area contributed by atoms with E-state index >= 15 is 0 Å². The van der Waals surface area contributed by atoms with Crippen LogP contribution in [0.5, 0.6) is 5.75 Å².